The summed E-state index contributed by atoms with van der Waals surface area (Å²) in [4.78, 5) is 7.21. The third-order valence-electron chi connectivity index (χ3n) is 7.41. The maximum absolute atomic E-state index is 12.9. The molecule has 0 aliphatic carbocycles. The first-order chi connectivity index (χ1) is 18.3. The maximum atomic E-state index is 12.9. The van der Waals surface area contributed by atoms with Crippen molar-refractivity contribution in [2.75, 3.05) is 59.3 Å². The summed E-state index contributed by atoms with van der Waals surface area (Å²) in [5.41, 5.74) is 1.67. The minimum atomic E-state index is -0.551. The molecule has 0 N–H and O–H groups in total. The quantitative estimate of drug-likeness (QED) is 0.360. The van der Waals surface area contributed by atoms with Crippen LogP contribution in [0.5, 0.6) is 11.5 Å². The summed E-state index contributed by atoms with van der Waals surface area (Å²) in [6, 6.07) is 14.1. The van der Waals surface area contributed by atoms with Gasteiger partial charge in [0.1, 0.15) is 35.7 Å². The van der Waals surface area contributed by atoms with Crippen molar-refractivity contribution in [2.24, 2.45) is 0 Å². The smallest absolute Gasteiger partial charge is 0.145 e. The van der Waals surface area contributed by atoms with E-state index in [2.05, 4.69) is 17.0 Å². The second-order valence-electron chi connectivity index (χ2n) is 11.0. The van der Waals surface area contributed by atoms with Crippen molar-refractivity contribution >= 4 is 21.8 Å². The molecule has 0 amide bonds. The zero-order valence-corrected chi connectivity index (χ0v) is 22.9. The monoisotopic (exact) mass is 520 g/mol. The molecule has 1 aromatic heterocycles. The average Bonchev–Trinajstić information content (AvgIpc) is 3.04. The SMILES string of the molecule is CC1(C)C=C(CN2CCOCCOc3cccc4cc5cccc(c5nc34)OCCOCC2)C(C)(C)N1[O]. The number of benzene rings is 2. The van der Waals surface area contributed by atoms with Gasteiger partial charge in [0.05, 0.1) is 37.5 Å². The molecule has 1 radical (unpaired) electrons. The summed E-state index contributed by atoms with van der Waals surface area (Å²) < 4.78 is 24.1. The Kier molecular flexibility index (Phi) is 7.88. The van der Waals surface area contributed by atoms with Crippen LogP contribution in [0.1, 0.15) is 27.7 Å². The lowest BCUT2D eigenvalue weighted by Gasteiger charge is -2.35. The topological polar surface area (TPSA) is 76.2 Å². The van der Waals surface area contributed by atoms with Gasteiger partial charge in [-0.05, 0) is 51.5 Å². The Balaban J connectivity index is 1.31. The van der Waals surface area contributed by atoms with Crippen LogP contribution in [0.15, 0.2) is 54.1 Å². The molecule has 0 saturated heterocycles. The average molecular weight is 521 g/mol. The molecule has 8 heteroatoms. The van der Waals surface area contributed by atoms with Crippen LogP contribution >= 0.6 is 0 Å². The van der Waals surface area contributed by atoms with E-state index in [9.17, 15) is 5.21 Å². The summed E-state index contributed by atoms with van der Waals surface area (Å²) in [6.07, 6.45) is 2.11. The number of hydrogen-bond acceptors (Lipinski definition) is 7. The number of para-hydroxylation sites is 2. The third kappa shape index (κ3) is 5.65. The van der Waals surface area contributed by atoms with E-state index in [0.717, 1.165) is 52.0 Å². The van der Waals surface area contributed by atoms with Gasteiger partial charge in [0.25, 0.3) is 0 Å². The molecule has 38 heavy (non-hydrogen) atoms. The van der Waals surface area contributed by atoms with E-state index < -0.39 is 11.1 Å². The van der Waals surface area contributed by atoms with Crippen LogP contribution in [0.3, 0.4) is 0 Å². The number of nitrogens with zero attached hydrogens (tertiary/aromatic N) is 3. The molecule has 2 aliphatic rings. The lowest BCUT2D eigenvalue weighted by Crippen LogP contribution is -2.48. The van der Waals surface area contributed by atoms with Crippen LogP contribution in [-0.4, -0.2) is 85.3 Å². The molecule has 0 saturated carbocycles. The first kappa shape index (κ1) is 26.8. The number of ether oxygens (including phenoxy) is 4. The highest BCUT2D eigenvalue weighted by Gasteiger charge is 2.46. The first-order valence-electron chi connectivity index (χ1n) is 13.4. The molecule has 3 aromatic rings. The number of hydroxylamine groups is 2. The number of pyridine rings is 1. The van der Waals surface area contributed by atoms with E-state index in [1.165, 1.54) is 5.06 Å². The largest absolute Gasteiger partial charge is 0.489 e. The lowest BCUT2D eigenvalue weighted by molar-refractivity contribution is -0.239. The van der Waals surface area contributed by atoms with Crippen LogP contribution < -0.4 is 9.47 Å². The van der Waals surface area contributed by atoms with Crippen molar-refractivity contribution in [3.63, 3.8) is 0 Å². The summed E-state index contributed by atoms with van der Waals surface area (Å²) in [6.45, 7) is 13.0. The molecule has 2 aliphatic heterocycles. The van der Waals surface area contributed by atoms with Crippen LogP contribution in [-0.2, 0) is 14.7 Å². The van der Waals surface area contributed by atoms with Crippen molar-refractivity contribution in [3.8, 4) is 11.5 Å². The van der Waals surface area contributed by atoms with Gasteiger partial charge in [0.2, 0.25) is 0 Å². The number of aromatic nitrogens is 1. The summed E-state index contributed by atoms with van der Waals surface area (Å²) in [5, 5.41) is 16.1. The van der Waals surface area contributed by atoms with E-state index in [-0.39, 0.29) is 0 Å². The lowest BCUT2D eigenvalue weighted by atomic mass is 9.96. The van der Waals surface area contributed by atoms with Crippen molar-refractivity contribution in [1.29, 1.82) is 0 Å². The Morgan fingerprint density at radius 3 is 1.84 bits per heavy atom. The van der Waals surface area contributed by atoms with Gasteiger partial charge in [0, 0.05) is 30.4 Å². The van der Waals surface area contributed by atoms with Crippen LogP contribution in [0, 0.1) is 0 Å². The van der Waals surface area contributed by atoms with Crippen LogP contribution in [0.25, 0.3) is 21.8 Å². The normalized spacial score (nSPS) is 21.7. The molecule has 203 valence electrons. The Hall–Kier alpha value is -2.75. The Bertz CT molecular complexity index is 1230. The van der Waals surface area contributed by atoms with Gasteiger partial charge in [-0.1, -0.05) is 30.3 Å². The second-order valence-corrected chi connectivity index (χ2v) is 11.0. The summed E-state index contributed by atoms with van der Waals surface area (Å²) in [5.74, 6) is 1.46. The van der Waals surface area contributed by atoms with Gasteiger partial charge >= 0.3 is 0 Å². The Morgan fingerprint density at radius 2 is 1.34 bits per heavy atom. The molecule has 0 fully saturated rings. The second kappa shape index (κ2) is 11.2. The summed E-state index contributed by atoms with van der Waals surface area (Å²) in [7, 11) is 0. The molecular formula is C30H38N3O5. The Morgan fingerprint density at radius 1 is 0.789 bits per heavy atom. The van der Waals surface area contributed by atoms with Gasteiger partial charge < -0.3 is 18.9 Å². The third-order valence-corrected chi connectivity index (χ3v) is 7.41. The molecule has 0 unspecified atom stereocenters. The molecule has 8 nitrogen and oxygen atoms in total. The van der Waals surface area contributed by atoms with E-state index in [1.807, 2.05) is 64.1 Å². The molecular weight excluding hydrogens is 482 g/mol. The predicted octanol–water partition coefficient (Wildman–Crippen LogP) is 4.64. The highest BCUT2D eigenvalue weighted by Crippen LogP contribution is 2.39. The fourth-order valence-electron chi connectivity index (χ4n) is 5.34. The van der Waals surface area contributed by atoms with E-state index in [0.29, 0.717) is 46.2 Å². The predicted molar refractivity (Wildman–Crippen MR) is 147 cm³/mol. The van der Waals surface area contributed by atoms with Crippen molar-refractivity contribution in [1.82, 2.24) is 14.9 Å². The molecule has 2 bridgehead atoms. The van der Waals surface area contributed by atoms with Crippen LogP contribution in [0.2, 0.25) is 0 Å². The fraction of sp³-hybridized carbons (Fsp3) is 0.500. The molecule has 5 rings (SSSR count). The molecule has 3 heterocycles. The van der Waals surface area contributed by atoms with Crippen molar-refractivity contribution in [2.45, 2.75) is 38.8 Å². The highest BCUT2D eigenvalue weighted by molar-refractivity contribution is 5.97. The number of hydrogen-bond donors (Lipinski definition) is 0. The fourth-order valence-corrected chi connectivity index (χ4v) is 5.34. The van der Waals surface area contributed by atoms with Gasteiger partial charge in [-0.3, -0.25) is 4.90 Å². The van der Waals surface area contributed by atoms with Crippen molar-refractivity contribution < 1.29 is 24.2 Å². The molecule has 0 spiro atoms. The van der Waals surface area contributed by atoms with Crippen LogP contribution in [0.4, 0.5) is 0 Å². The highest BCUT2D eigenvalue weighted by atomic mass is 16.5. The first-order valence-corrected chi connectivity index (χ1v) is 13.4. The number of rotatable bonds is 2. The zero-order chi connectivity index (χ0) is 26.8. The maximum Gasteiger partial charge on any atom is 0.145 e. The minimum Gasteiger partial charge on any atom is -0.489 e. The van der Waals surface area contributed by atoms with Gasteiger partial charge in [-0.2, -0.15) is 0 Å². The molecule has 0 atom stereocenters. The van der Waals surface area contributed by atoms with Gasteiger partial charge in [-0.25, -0.2) is 4.98 Å². The Labute approximate surface area is 224 Å². The minimum absolute atomic E-state index is 0.428. The van der Waals surface area contributed by atoms with Gasteiger partial charge in [-0.15, -0.1) is 10.3 Å². The zero-order valence-electron chi connectivity index (χ0n) is 22.9. The molecule has 2 aromatic carbocycles. The van der Waals surface area contributed by atoms with E-state index in [1.54, 1.807) is 0 Å². The summed E-state index contributed by atoms with van der Waals surface area (Å²) >= 11 is 0. The van der Waals surface area contributed by atoms with E-state index >= 15 is 0 Å². The van der Waals surface area contributed by atoms with Crippen molar-refractivity contribution in [3.05, 3.63) is 54.1 Å². The standard InChI is InChI=1S/C30H38N3O5/c1-29(2)20-24(30(3,4)33(29)34)21-32-11-13-35-15-17-37-25-9-5-7-22-19-23-8-6-10-26(28(23)31-27(22)25)38-18-16-36-14-12-32/h5-10,19-20H,11-18,21H2,1-4H3. The van der Waals surface area contributed by atoms with E-state index in [4.69, 9.17) is 23.9 Å². The van der Waals surface area contributed by atoms with Gasteiger partial charge in [0.15, 0.2) is 0 Å².